The van der Waals surface area contributed by atoms with Crippen molar-refractivity contribution in [2.75, 3.05) is 13.2 Å². The molecule has 0 radical (unpaired) electrons. The second-order valence-electron chi connectivity index (χ2n) is 5.53. The number of ether oxygens (including phenoxy) is 3. The van der Waals surface area contributed by atoms with Crippen molar-refractivity contribution < 1.29 is 55.1 Å². The highest BCUT2D eigenvalue weighted by atomic mass is 16.7. The van der Waals surface area contributed by atoms with E-state index in [1.807, 2.05) is 0 Å². The lowest BCUT2D eigenvalue weighted by atomic mass is 9.97. The van der Waals surface area contributed by atoms with Crippen molar-refractivity contribution in [1.29, 1.82) is 0 Å². The summed E-state index contributed by atoms with van der Waals surface area (Å²) in [7, 11) is 0. The first-order chi connectivity index (χ1) is 10.8. The monoisotopic (exact) mass is 342 g/mol. The third-order valence-electron chi connectivity index (χ3n) is 3.98. The van der Waals surface area contributed by atoms with Crippen LogP contribution in [0.25, 0.3) is 0 Å². The van der Waals surface area contributed by atoms with E-state index in [4.69, 9.17) is 19.3 Å². The van der Waals surface area contributed by atoms with Gasteiger partial charge in [-0.25, -0.2) is 0 Å². The van der Waals surface area contributed by atoms with Crippen LogP contribution in [0, 0.1) is 0 Å². The van der Waals surface area contributed by atoms with Gasteiger partial charge in [0.2, 0.25) is 0 Å². The molecule has 0 aromatic heterocycles. The topological polar surface area (TPSA) is 190 Å². The van der Waals surface area contributed by atoms with Crippen LogP contribution in [0.2, 0.25) is 0 Å². The summed E-state index contributed by atoms with van der Waals surface area (Å²) in [6.45, 7) is -1.35. The summed E-state index contributed by atoms with van der Waals surface area (Å²) in [6, 6.07) is 0. The minimum atomic E-state index is -1.74. The molecule has 0 aromatic rings. The molecule has 2 heterocycles. The standard InChI is InChI=1S/C12H22O11/c13-1-3-5(15)6(16)9(19)12(22-3)23-10-4(2-14)21-11(20)8(18)7(10)17/h3-20H,1-2H2/t3?,4?,5-,6?,7-,8?,9+,10+,11-,12-/m1/s1. The van der Waals surface area contributed by atoms with Gasteiger partial charge in [0, 0.05) is 0 Å². The highest BCUT2D eigenvalue weighted by Crippen LogP contribution is 2.28. The average Bonchev–Trinajstić information content (AvgIpc) is 2.55. The number of hydrogen-bond donors (Lipinski definition) is 8. The Labute approximate surface area is 130 Å². The number of hydrogen-bond acceptors (Lipinski definition) is 11. The zero-order valence-corrected chi connectivity index (χ0v) is 12.0. The fourth-order valence-corrected chi connectivity index (χ4v) is 2.57. The van der Waals surface area contributed by atoms with E-state index in [2.05, 4.69) is 0 Å². The molecular formula is C12H22O11. The molecule has 0 saturated carbocycles. The van der Waals surface area contributed by atoms with Gasteiger partial charge in [0.15, 0.2) is 12.6 Å². The Balaban J connectivity index is 2.11. The van der Waals surface area contributed by atoms with Gasteiger partial charge in [-0.05, 0) is 0 Å². The van der Waals surface area contributed by atoms with Crippen LogP contribution in [0.3, 0.4) is 0 Å². The van der Waals surface area contributed by atoms with Crippen molar-refractivity contribution in [2.24, 2.45) is 0 Å². The van der Waals surface area contributed by atoms with Gasteiger partial charge in [-0.3, -0.25) is 0 Å². The predicted molar refractivity (Wildman–Crippen MR) is 68.6 cm³/mol. The second kappa shape index (κ2) is 7.63. The summed E-state index contributed by atoms with van der Waals surface area (Å²) in [4.78, 5) is 0. The van der Waals surface area contributed by atoms with Crippen LogP contribution >= 0.6 is 0 Å². The molecule has 2 saturated heterocycles. The fraction of sp³-hybridized carbons (Fsp3) is 1.00. The van der Waals surface area contributed by atoms with Gasteiger partial charge in [-0.1, -0.05) is 0 Å². The molecule has 2 rings (SSSR count). The molecular weight excluding hydrogens is 320 g/mol. The molecule has 10 atom stereocenters. The molecule has 23 heavy (non-hydrogen) atoms. The fourth-order valence-electron chi connectivity index (χ4n) is 2.57. The molecule has 11 nitrogen and oxygen atoms in total. The average molecular weight is 342 g/mol. The van der Waals surface area contributed by atoms with Crippen LogP contribution in [0.4, 0.5) is 0 Å². The lowest BCUT2D eigenvalue weighted by molar-refractivity contribution is -0.355. The summed E-state index contributed by atoms with van der Waals surface area (Å²) in [5.74, 6) is 0. The van der Waals surface area contributed by atoms with Crippen LogP contribution in [-0.4, -0.2) is 115 Å². The molecule has 8 N–H and O–H groups in total. The van der Waals surface area contributed by atoms with Gasteiger partial charge in [0.05, 0.1) is 13.2 Å². The molecule has 2 aliphatic heterocycles. The van der Waals surface area contributed by atoms with Crippen molar-refractivity contribution in [3.05, 3.63) is 0 Å². The Kier molecular flexibility index (Phi) is 6.27. The molecule has 4 unspecified atom stereocenters. The van der Waals surface area contributed by atoms with E-state index in [1.165, 1.54) is 0 Å². The normalized spacial score (nSPS) is 51.7. The first-order valence-corrected chi connectivity index (χ1v) is 7.08. The van der Waals surface area contributed by atoms with Crippen LogP contribution in [0.1, 0.15) is 0 Å². The van der Waals surface area contributed by atoms with E-state index >= 15 is 0 Å². The smallest absolute Gasteiger partial charge is 0.187 e. The summed E-state index contributed by atoms with van der Waals surface area (Å²) in [5, 5.41) is 76.5. The Hall–Kier alpha value is -0.440. The summed E-state index contributed by atoms with van der Waals surface area (Å²) < 4.78 is 15.3. The van der Waals surface area contributed by atoms with Gasteiger partial charge in [-0.2, -0.15) is 0 Å². The van der Waals surface area contributed by atoms with E-state index in [0.717, 1.165) is 0 Å². The Bertz CT molecular complexity index is 378. The molecule has 136 valence electrons. The Morgan fingerprint density at radius 1 is 0.652 bits per heavy atom. The van der Waals surface area contributed by atoms with E-state index in [9.17, 15) is 35.7 Å². The number of aliphatic hydroxyl groups is 8. The summed E-state index contributed by atoms with van der Waals surface area (Å²) in [5.41, 5.74) is 0. The zero-order chi connectivity index (χ0) is 17.3. The van der Waals surface area contributed by atoms with Crippen molar-refractivity contribution in [2.45, 2.75) is 61.4 Å². The Morgan fingerprint density at radius 2 is 1.26 bits per heavy atom. The number of rotatable bonds is 4. The van der Waals surface area contributed by atoms with Crippen molar-refractivity contribution in [3.8, 4) is 0 Å². The first-order valence-electron chi connectivity index (χ1n) is 7.08. The molecule has 2 aliphatic rings. The minimum absolute atomic E-state index is 0.667. The third-order valence-corrected chi connectivity index (χ3v) is 3.98. The molecule has 2 fully saturated rings. The molecule has 0 bridgehead atoms. The molecule has 0 aromatic carbocycles. The first kappa shape index (κ1) is 18.9. The lowest BCUT2D eigenvalue weighted by Crippen LogP contribution is -2.64. The second-order valence-corrected chi connectivity index (χ2v) is 5.53. The lowest BCUT2D eigenvalue weighted by Gasteiger charge is -2.45. The highest BCUT2D eigenvalue weighted by molar-refractivity contribution is 4.93. The Morgan fingerprint density at radius 3 is 1.83 bits per heavy atom. The molecule has 11 heteroatoms. The quantitative estimate of drug-likeness (QED) is 0.243. The van der Waals surface area contributed by atoms with Gasteiger partial charge in [-0.15, -0.1) is 0 Å². The zero-order valence-electron chi connectivity index (χ0n) is 12.0. The largest absolute Gasteiger partial charge is 0.394 e. The SMILES string of the molecule is OCC1O[C@H](O[C@H]2C(CO)O[C@@H](O)C(O)[C@H]2O)[C@@H](O)C(O)[C@@H]1O. The molecule has 0 spiro atoms. The molecule has 0 aliphatic carbocycles. The van der Waals surface area contributed by atoms with Crippen LogP contribution in [0.5, 0.6) is 0 Å². The van der Waals surface area contributed by atoms with E-state index in [1.54, 1.807) is 0 Å². The highest BCUT2D eigenvalue weighted by Gasteiger charge is 2.50. The maximum absolute atomic E-state index is 9.94. The summed E-state index contributed by atoms with van der Waals surface area (Å²) >= 11 is 0. The maximum Gasteiger partial charge on any atom is 0.187 e. The summed E-state index contributed by atoms with van der Waals surface area (Å²) in [6.07, 6.45) is -15.6. The predicted octanol–water partition coefficient (Wildman–Crippen LogP) is -5.40. The van der Waals surface area contributed by atoms with Gasteiger partial charge >= 0.3 is 0 Å². The van der Waals surface area contributed by atoms with E-state index in [-0.39, 0.29) is 0 Å². The maximum atomic E-state index is 9.94. The van der Waals surface area contributed by atoms with Gasteiger partial charge in [0.25, 0.3) is 0 Å². The molecule has 0 amide bonds. The van der Waals surface area contributed by atoms with Gasteiger partial charge < -0.3 is 55.1 Å². The van der Waals surface area contributed by atoms with E-state index in [0.29, 0.717) is 0 Å². The van der Waals surface area contributed by atoms with Crippen LogP contribution in [0.15, 0.2) is 0 Å². The van der Waals surface area contributed by atoms with Gasteiger partial charge in [0.1, 0.15) is 48.8 Å². The van der Waals surface area contributed by atoms with Crippen molar-refractivity contribution >= 4 is 0 Å². The van der Waals surface area contributed by atoms with E-state index < -0.39 is 74.6 Å². The third kappa shape index (κ3) is 3.65. The van der Waals surface area contributed by atoms with Crippen LogP contribution < -0.4 is 0 Å². The van der Waals surface area contributed by atoms with Crippen molar-refractivity contribution in [1.82, 2.24) is 0 Å². The van der Waals surface area contributed by atoms with Crippen LogP contribution in [-0.2, 0) is 14.2 Å². The number of aliphatic hydroxyl groups excluding tert-OH is 8. The van der Waals surface area contributed by atoms with Crippen molar-refractivity contribution in [3.63, 3.8) is 0 Å². The minimum Gasteiger partial charge on any atom is -0.394 e.